The van der Waals surface area contributed by atoms with Crippen molar-refractivity contribution in [1.82, 2.24) is 4.98 Å². The Morgan fingerprint density at radius 2 is 1.97 bits per heavy atom. The predicted molar refractivity (Wildman–Crippen MR) is 122 cm³/mol. The van der Waals surface area contributed by atoms with Gasteiger partial charge in [-0.2, -0.15) is 0 Å². The second kappa shape index (κ2) is 8.85. The minimum atomic E-state index is -0.758. The summed E-state index contributed by atoms with van der Waals surface area (Å²) in [6.45, 7) is 0. The first kappa shape index (κ1) is 21.4. The summed E-state index contributed by atoms with van der Waals surface area (Å²) >= 11 is 0. The summed E-state index contributed by atoms with van der Waals surface area (Å²) in [6, 6.07) is 15.5. The number of halogens is 1. The first-order chi connectivity index (χ1) is 16.0. The zero-order valence-corrected chi connectivity index (χ0v) is 18.5. The lowest BCUT2D eigenvalue weighted by atomic mass is 9.88. The lowest BCUT2D eigenvalue weighted by Crippen LogP contribution is -2.16. The van der Waals surface area contributed by atoms with Crippen molar-refractivity contribution in [2.24, 2.45) is 5.92 Å². The van der Waals surface area contributed by atoms with E-state index in [4.69, 9.17) is 9.47 Å². The summed E-state index contributed by atoms with van der Waals surface area (Å²) in [6.07, 6.45) is 5.15. The third-order valence-electron chi connectivity index (χ3n) is 6.68. The fourth-order valence-electron chi connectivity index (χ4n) is 4.72. The number of aryl methyl sites for hydroxylation is 1. The number of carboxylic acids is 1. The Kier molecular flexibility index (Phi) is 5.75. The van der Waals surface area contributed by atoms with Crippen LogP contribution in [-0.4, -0.2) is 23.2 Å². The van der Waals surface area contributed by atoms with Crippen LogP contribution in [-0.2, 0) is 11.2 Å². The fraction of sp³-hybridized carbons (Fsp3) is 0.333. The molecule has 2 atom stereocenters. The van der Waals surface area contributed by atoms with Crippen molar-refractivity contribution < 1.29 is 23.8 Å². The molecular formula is C27H26FNO4. The Labute approximate surface area is 192 Å². The molecule has 33 heavy (non-hydrogen) atoms. The van der Waals surface area contributed by atoms with Crippen LogP contribution >= 0.6 is 0 Å². The van der Waals surface area contributed by atoms with E-state index in [1.165, 1.54) is 13.3 Å². The Balaban J connectivity index is 1.36. The van der Waals surface area contributed by atoms with Gasteiger partial charge in [0, 0.05) is 11.6 Å². The number of benzene rings is 2. The van der Waals surface area contributed by atoms with Crippen LogP contribution in [0.5, 0.6) is 11.6 Å². The minimum Gasteiger partial charge on any atom is -0.485 e. The molecule has 2 heterocycles. The number of ether oxygens (including phenoxy) is 2. The first-order valence-electron chi connectivity index (χ1n) is 11.3. The largest absolute Gasteiger partial charge is 0.485 e. The lowest BCUT2D eigenvalue weighted by Gasteiger charge is -2.28. The first-order valence-corrected chi connectivity index (χ1v) is 11.3. The SMILES string of the molecule is COc1cc(-c2ccc(C3CCc4ccc([C@@H](CC(=O)O)C5CC5)cc4O3)cc2)c(F)cn1. The van der Waals surface area contributed by atoms with Crippen LogP contribution in [0.3, 0.4) is 0 Å². The van der Waals surface area contributed by atoms with Gasteiger partial charge in [-0.25, -0.2) is 9.37 Å². The Hall–Kier alpha value is -3.41. The van der Waals surface area contributed by atoms with Crippen LogP contribution < -0.4 is 9.47 Å². The van der Waals surface area contributed by atoms with Gasteiger partial charge >= 0.3 is 5.97 Å². The number of rotatable bonds is 7. The average molecular weight is 448 g/mol. The van der Waals surface area contributed by atoms with E-state index in [-0.39, 0.29) is 18.4 Å². The monoisotopic (exact) mass is 447 g/mol. The molecule has 0 bridgehead atoms. The van der Waals surface area contributed by atoms with Gasteiger partial charge in [-0.3, -0.25) is 4.79 Å². The van der Waals surface area contributed by atoms with E-state index in [9.17, 15) is 14.3 Å². The smallest absolute Gasteiger partial charge is 0.303 e. The van der Waals surface area contributed by atoms with Crippen LogP contribution in [0, 0.1) is 11.7 Å². The number of aromatic nitrogens is 1. The van der Waals surface area contributed by atoms with Crippen molar-refractivity contribution in [3.8, 4) is 22.8 Å². The van der Waals surface area contributed by atoms with Gasteiger partial charge in [0.05, 0.1) is 19.7 Å². The van der Waals surface area contributed by atoms with Gasteiger partial charge in [-0.05, 0) is 65.8 Å². The highest BCUT2D eigenvalue weighted by Crippen LogP contribution is 2.46. The van der Waals surface area contributed by atoms with Gasteiger partial charge in [0.1, 0.15) is 17.7 Å². The van der Waals surface area contributed by atoms with Gasteiger partial charge < -0.3 is 14.6 Å². The molecule has 0 spiro atoms. The molecule has 1 saturated carbocycles. The maximum absolute atomic E-state index is 14.3. The molecule has 1 N–H and O–H groups in total. The molecule has 1 aliphatic carbocycles. The molecule has 0 amide bonds. The highest BCUT2D eigenvalue weighted by Gasteiger charge is 2.34. The van der Waals surface area contributed by atoms with Crippen molar-refractivity contribution in [2.45, 2.75) is 44.1 Å². The second-order valence-electron chi connectivity index (χ2n) is 8.88. The lowest BCUT2D eigenvalue weighted by molar-refractivity contribution is -0.137. The van der Waals surface area contributed by atoms with E-state index in [0.717, 1.165) is 53.7 Å². The van der Waals surface area contributed by atoms with Crippen LogP contribution in [0.25, 0.3) is 11.1 Å². The maximum Gasteiger partial charge on any atom is 0.303 e. The van der Waals surface area contributed by atoms with Crippen molar-refractivity contribution in [2.75, 3.05) is 7.11 Å². The summed E-state index contributed by atoms with van der Waals surface area (Å²) in [5.41, 5.74) is 4.42. The predicted octanol–water partition coefficient (Wildman–Crippen LogP) is 5.93. The van der Waals surface area contributed by atoms with Crippen molar-refractivity contribution in [1.29, 1.82) is 0 Å². The molecule has 170 valence electrons. The molecule has 1 fully saturated rings. The van der Waals surface area contributed by atoms with Crippen molar-refractivity contribution in [3.63, 3.8) is 0 Å². The topological polar surface area (TPSA) is 68.7 Å². The molecule has 2 aliphatic rings. The van der Waals surface area contributed by atoms with Crippen molar-refractivity contribution in [3.05, 3.63) is 77.2 Å². The standard InChI is InChI=1S/C27H26FNO4/c1-32-26-13-22(23(28)15-29-26)17-4-6-18(7-5-17)24-11-10-19-8-9-20(12-25(19)33-24)21(14-27(30)31)16-2-3-16/h4-9,12-13,15-16,21,24H,2-3,10-11,14H2,1H3,(H,30,31)/t21-,24?/m0/s1. The molecule has 2 aromatic carbocycles. The highest BCUT2D eigenvalue weighted by atomic mass is 19.1. The molecule has 1 aromatic heterocycles. The van der Waals surface area contributed by atoms with E-state index < -0.39 is 11.8 Å². The molecule has 0 radical (unpaired) electrons. The third-order valence-corrected chi connectivity index (χ3v) is 6.68. The van der Waals surface area contributed by atoms with Gasteiger partial charge in [-0.1, -0.05) is 36.4 Å². The Morgan fingerprint density at radius 3 is 2.67 bits per heavy atom. The summed E-state index contributed by atoms with van der Waals surface area (Å²) in [4.78, 5) is 15.3. The van der Waals surface area contributed by atoms with Crippen molar-refractivity contribution >= 4 is 5.97 Å². The van der Waals surface area contributed by atoms with Gasteiger partial charge in [0.2, 0.25) is 5.88 Å². The molecule has 5 rings (SSSR count). The van der Waals surface area contributed by atoms with Gasteiger partial charge in [-0.15, -0.1) is 0 Å². The van der Waals surface area contributed by atoms with Gasteiger partial charge in [0.25, 0.3) is 0 Å². The van der Waals surface area contributed by atoms with Crippen LogP contribution in [0.4, 0.5) is 4.39 Å². The quantitative estimate of drug-likeness (QED) is 0.486. The van der Waals surface area contributed by atoms with Crippen LogP contribution in [0.15, 0.2) is 54.7 Å². The fourth-order valence-corrected chi connectivity index (χ4v) is 4.72. The summed E-state index contributed by atoms with van der Waals surface area (Å²) in [5.74, 6) is 0.554. The summed E-state index contributed by atoms with van der Waals surface area (Å²) in [5, 5.41) is 9.34. The zero-order valence-electron chi connectivity index (χ0n) is 18.5. The average Bonchev–Trinajstić information content (AvgIpc) is 3.68. The number of carboxylic acid groups (broad SMARTS) is 1. The van der Waals surface area contributed by atoms with E-state index in [0.29, 0.717) is 17.4 Å². The number of fused-ring (bicyclic) bond motifs is 1. The number of hydrogen-bond acceptors (Lipinski definition) is 4. The molecule has 6 heteroatoms. The van der Waals surface area contributed by atoms with E-state index >= 15 is 0 Å². The number of carbonyl (C=O) groups is 1. The van der Waals surface area contributed by atoms with Gasteiger partial charge in [0.15, 0.2) is 0 Å². The Bertz CT molecular complexity index is 1170. The number of pyridine rings is 1. The molecule has 0 saturated heterocycles. The van der Waals surface area contributed by atoms with E-state index in [1.807, 2.05) is 30.3 Å². The van der Waals surface area contributed by atoms with Crippen LogP contribution in [0.2, 0.25) is 0 Å². The summed E-state index contributed by atoms with van der Waals surface area (Å²) in [7, 11) is 1.51. The Morgan fingerprint density at radius 1 is 1.18 bits per heavy atom. The molecule has 5 nitrogen and oxygen atoms in total. The molecule has 1 aliphatic heterocycles. The van der Waals surface area contributed by atoms with E-state index in [1.54, 1.807) is 6.07 Å². The molecule has 3 aromatic rings. The summed E-state index contributed by atoms with van der Waals surface area (Å²) < 4.78 is 25.8. The third kappa shape index (κ3) is 4.56. The minimum absolute atomic E-state index is 0.0447. The van der Waals surface area contributed by atoms with E-state index in [2.05, 4.69) is 17.1 Å². The normalized spacial score (nSPS) is 18.2. The second-order valence-corrected chi connectivity index (χ2v) is 8.88. The molecule has 1 unspecified atom stereocenters. The molecular weight excluding hydrogens is 421 g/mol. The zero-order chi connectivity index (χ0) is 22.9. The number of aliphatic carboxylic acids is 1. The number of nitrogens with zero attached hydrogens (tertiary/aromatic N) is 1. The number of hydrogen-bond donors (Lipinski definition) is 1. The number of methoxy groups -OCH3 is 1. The maximum atomic E-state index is 14.3. The highest BCUT2D eigenvalue weighted by molar-refractivity contribution is 5.68. The van der Waals surface area contributed by atoms with Crippen LogP contribution in [0.1, 0.15) is 54.4 Å².